The maximum Gasteiger partial charge on any atom is 0.185 e. The van der Waals surface area contributed by atoms with Gasteiger partial charge in [-0.25, -0.2) is 0 Å². The highest BCUT2D eigenvalue weighted by Crippen LogP contribution is 2.19. The second kappa shape index (κ2) is 7.30. The second-order valence-electron chi connectivity index (χ2n) is 3.39. The maximum atomic E-state index is 10.9. The number of thioether (sulfide) groups is 1. The first kappa shape index (κ1) is 14.0. The SMILES string of the molecule is CC(=O)SCCC=Cc1cccc(Cl)c1C=O. The molecule has 0 spiro atoms. The average Bonchev–Trinajstić information content (AvgIpc) is 2.28. The van der Waals surface area contributed by atoms with E-state index >= 15 is 0 Å². The van der Waals surface area contributed by atoms with Crippen molar-refractivity contribution in [1.82, 2.24) is 0 Å². The summed E-state index contributed by atoms with van der Waals surface area (Å²) in [4.78, 5) is 21.6. The third-order valence-corrected chi connectivity index (χ3v) is 3.27. The van der Waals surface area contributed by atoms with Gasteiger partial charge in [-0.3, -0.25) is 9.59 Å². The van der Waals surface area contributed by atoms with Gasteiger partial charge in [0.1, 0.15) is 0 Å². The first-order chi connectivity index (χ1) is 8.15. The Bertz CT molecular complexity index is 441. The first-order valence-corrected chi connectivity index (χ1v) is 6.55. The molecule has 0 fully saturated rings. The minimum atomic E-state index is 0.120. The minimum Gasteiger partial charge on any atom is -0.298 e. The molecule has 0 amide bonds. The zero-order valence-electron chi connectivity index (χ0n) is 9.48. The van der Waals surface area contributed by atoms with Gasteiger partial charge in [0.2, 0.25) is 0 Å². The van der Waals surface area contributed by atoms with Crippen LogP contribution in [0, 0.1) is 0 Å². The summed E-state index contributed by atoms with van der Waals surface area (Å²) < 4.78 is 0. The van der Waals surface area contributed by atoms with Crippen molar-refractivity contribution in [3.05, 3.63) is 40.4 Å². The van der Waals surface area contributed by atoms with Crippen molar-refractivity contribution >= 4 is 40.8 Å². The predicted octanol–water partition coefficient (Wildman–Crippen LogP) is 3.84. The van der Waals surface area contributed by atoms with Gasteiger partial charge in [-0.05, 0) is 18.1 Å². The Kier molecular flexibility index (Phi) is 6.01. The van der Waals surface area contributed by atoms with E-state index in [9.17, 15) is 9.59 Å². The number of aldehydes is 1. The topological polar surface area (TPSA) is 34.1 Å². The molecule has 2 nitrogen and oxygen atoms in total. The predicted molar refractivity (Wildman–Crippen MR) is 73.6 cm³/mol. The fourth-order valence-electron chi connectivity index (χ4n) is 1.30. The largest absolute Gasteiger partial charge is 0.298 e. The fourth-order valence-corrected chi connectivity index (χ4v) is 2.07. The van der Waals surface area contributed by atoms with Crippen molar-refractivity contribution < 1.29 is 9.59 Å². The highest BCUT2D eigenvalue weighted by atomic mass is 35.5. The van der Waals surface area contributed by atoms with Crippen LogP contribution in [0.5, 0.6) is 0 Å². The van der Waals surface area contributed by atoms with Gasteiger partial charge in [-0.1, -0.05) is 47.6 Å². The smallest absolute Gasteiger partial charge is 0.185 e. The van der Waals surface area contributed by atoms with Crippen LogP contribution >= 0.6 is 23.4 Å². The van der Waals surface area contributed by atoms with Crippen molar-refractivity contribution in [3.8, 4) is 0 Å². The highest BCUT2D eigenvalue weighted by molar-refractivity contribution is 8.13. The van der Waals surface area contributed by atoms with Gasteiger partial charge in [0.05, 0.1) is 5.02 Å². The van der Waals surface area contributed by atoms with E-state index in [4.69, 9.17) is 11.6 Å². The summed E-state index contributed by atoms with van der Waals surface area (Å²) in [5.41, 5.74) is 1.31. The Morgan fingerprint density at radius 2 is 2.24 bits per heavy atom. The molecule has 4 heteroatoms. The summed E-state index contributed by atoms with van der Waals surface area (Å²) in [5, 5.41) is 0.579. The number of rotatable bonds is 5. The zero-order valence-corrected chi connectivity index (χ0v) is 11.1. The van der Waals surface area contributed by atoms with E-state index in [1.165, 1.54) is 11.8 Å². The van der Waals surface area contributed by atoms with E-state index in [0.717, 1.165) is 24.0 Å². The molecule has 17 heavy (non-hydrogen) atoms. The van der Waals surface area contributed by atoms with Gasteiger partial charge in [-0.2, -0.15) is 0 Å². The molecule has 0 aromatic heterocycles. The molecule has 1 aromatic rings. The van der Waals surface area contributed by atoms with Gasteiger partial charge in [0, 0.05) is 18.2 Å². The molecule has 0 aliphatic rings. The molecule has 0 bridgehead atoms. The quantitative estimate of drug-likeness (QED) is 0.601. The number of allylic oxidation sites excluding steroid dienone is 1. The van der Waals surface area contributed by atoms with Gasteiger partial charge in [-0.15, -0.1) is 0 Å². The van der Waals surface area contributed by atoms with Crippen LogP contribution in [0.1, 0.15) is 29.3 Å². The van der Waals surface area contributed by atoms with Crippen LogP contribution in [0.15, 0.2) is 24.3 Å². The standard InChI is InChI=1S/C13H13ClO2S/c1-10(16)17-8-3-2-5-11-6-4-7-13(14)12(11)9-15/h2,4-7,9H,3,8H2,1H3. The molecule has 0 radical (unpaired) electrons. The molecule has 1 rings (SSSR count). The summed E-state index contributed by atoms with van der Waals surface area (Å²) >= 11 is 7.19. The van der Waals surface area contributed by atoms with Gasteiger partial charge >= 0.3 is 0 Å². The second-order valence-corrected chi connectivity index (χ2v) is 5.07. The Balaban J connectivity index is 2.62. The van der Waals surface area contributed by atoms with E-state index in [1.54, 1.807) is 19.1 Å². The molecule has 0 saturated heterocycles. The first-order valence-electron chi connectivity index (χ1n) is 5.18. The summed E-state index contributed by atoms with van der Waals surface area (Å²) in [5.74, 6) is 0.753. The molecule has 0 N–H and O–H groups in total. The van der Waals surface area contributed by atoms with Crippen LogP contribution in [0.3, 0.4) is 0 Å². The number of benzene rings is 1. The van der Waals surface area contributed by atoms with Gasteiger partial charge in [0.25, 0.3) is 0 Å². The number of carbonyl (C=O) groups is 2. The highest BCUT2D eigenvalue weighted by Gasteiger charge is 2.02. The van der Waals surface area contributed by atoms with Crippen molar-refractivity contribution in [2.45, 2.75) is 13.3 Å². The Morgan fingerprint density at radius 3 is 2.88 bits per heavy atom. The lowest BCUT2D eigenvalue weighted by Gasteiger charge is -2.00. The summed E-state index contributed by atoms with van der Waals surface area (Å²) in [7, 11) is 0. The summed E-state index contributed by atoms with van der Waals surface area (Å²) in [6.07, 6.45) is 5.34. The lowest BCUT2D eigenvalue weighted by molar-refractivity contribution is -0.109. The molecule has 0 aliphatic heterocycles. The molecule has 0 heterocycles. The molecule has 0 saturated carbocycles. The monoisotopic (exact) mass is 268 g/mol. The van der Waals surface area contributed by atoms with E-state index < -0.39 is 0 Å². The van der Waals surface area contributed by atoms with E-state index in [1.807, 2.05) is 18.2 Å². The van der Waals surface area contributed by atoms with Crippen molar-refractivity contribution in [1.29, 1.82) is 0 Å². The lowest BCUT2D eigenvalue weighted by Crippen LogP contribution is -1.87. The average molecular weight is 269 g/mol. The van der Waals surface area contributed by atoms with Crippen LogP contribution in [0.4, 0.5) is 0 Å². The van der Waals surface area contributed by atoms with Crippen LogP contribution in [0.25, 0.3) is 6.08 Å². The number of hydrogen-bond acceptors (Lipinski definition) is 3. The molecule has 0 aliphatic carbocycles. The summed E-state index contributed by atoms with van der Waals surface area (Å²) in [6, 6.07) is 5.33. The third-order valence-electron chi connectivity index (χ3n) is 2.09. The zero-order chi connectivity index (χ0) is 12.7. The van der Waals surface area contributed by atoms with Crippen molar-refractivity contribution in [2.24, 2.45) is 0 Å². The Hall–Kier alpha value is -1.06. The van der Waals surface area contributed by atoms with E-state index in [2.05, 4.69) is 0 Å². The molecule has 90 valence electrons. The maximum absolute atomic E-state index is 10.9. The van der Waals surface area contributed by atoms with Crippen LogP contribution in [0.2, 0.25) is 5.02 Å². The van der Waals surface area contributed by atoms with E-state index in [0.29, 0.717) is 10.6 Å². The molecular weight excluding hydrogens is 256 g/mol. The Labute approximate surface area is 110 Å². The van der Waals surface area contributed by atoms with Crippen LogP contribution < -0.4 is 0 Å². The van der Waals surface area contributed by atoms with Gasteiger partial charge in [0.15, 0.2) is 11.4 Å². The van der Waals surface area contributed by atoms with E-state index in [-0.39, 0.29) is 5.12 Å². The Morgan fingerprint density at radius 1 is 1.47 bits per heavy atom. The van der Waals surface area contributed by atoms with Crippen LogP contribution in [-0.4, -0.2) is 17.2 Å². The van der Waals surface area contributed by atoms with Crippen LogP contribution in [-0.2, 0) is 4.79 Å². The number of carbonyl (C=O) groups excluding carboxylic acids is 2. The minimum absolute atomic E-state index is 0.120. The molecule has 0 atom stereocenters. The van der Waals surface area contributed by atoms with Gasteiger partial charge < -0.3 is 0 Å². The number of hydrogen-bond donors (Lipinski definition) is 0. The molecular formula is C13H13ClO2S. The number of halogens is 1. The molecule has 1 aromatic carbocycles. The van der Waals surface area contributed by atoms with Crippen molar-refractivity contribution in [2.75, 3.05) is 5.75 Å². The lowest BCUT2D eigenvalue weighted by atomic mass is 10.1. The third kappa shape index (κ3) is 4.75. The summed E-state index contributed by atoms with van der Waals surface area (Å²) in [6.45, 7) is 1.55. The fraction of sp³-hybridized carbons (Fsp3) is 0.231. The normalized spacial score (nSPS) is 10.7. The van der Waals surface area contributed by atoms with Crippen molar-refractivity contribution in [3.63, 3.8) is 0 Å². The molecule has 0 unspecified atom stereocenters.